The Morgan fingerprint density at radius 2 is 1.79 bits per heavy atom. The topological polar surface area (TPSA) is 70.3 Å². The van der Waals surface area contributed by atoms with E-state index in [0.29, 0.717) is 37.9 Å². The van der Waals surface area contributed by atoms with E-state index in [1.165, 1.54) is 0 Å². The first-order chi connectivity index (χ1) is 19.7. The van der Waals surface area contributed by atoms with E-state index in [0.717, 1.165) is 42.4 Å². The Bertz CT molecular complexity index is 1480. The lowest BCUT2D eigenvalue weighted by molar-refractivity contribution is -0.0394. The molecule has 42 heavy (non-hydrogen) atoms. The second kappa shape index (κ2) is 12.7. The first-order valence-corrected chi connectivity index (χ1v) is 17.9. The molecule has 0 bridgehead atoms. The van der Waals surface area contributed by atoms with Crippen LogP contribution in [0.2, 0.25) is 26.7 Å². The summed E-state index contributed by atoms with van der Waals surface area (Å²) < 4.78 is 15.3. The lowest BCUT2D eigenvalue weighted by Gasteiger charge is -2.50. The van der Waals surface area contributed by atoms with Crippen LogP contribution in [0.25, 0.3) is 22.0 Å². The van der Waals surface area contributed by atoms with Crippen molar-refractivity contribution >= 4 is 54.0 Å². The largest absolute Gasteiger partial charge is 0.444 e. The normalized spacial score (nSPS) is 16.3. The molecule has 0 radical (unpaired) electrons. The molecule has 1 aliphatic heterocycles. The van der Waals surface area contributed by atoms with Crippen molar-refractivity contribution in [2.75, 3.05) is 11.9 Å². The minimum absolute atomic E-state index is 0.104. The summed E-state index contributed by atoms with van der Waals surface area (Å²) in [5.74, 6) is 0. The van der Waals surface area contributed by atoms with Gasteiger partial charge in [0.15, 0.2) is 0 Å². The molecule has 1 amide bonds. The van der Waals surface area contributed by atoms with E-state index in [4.69, 9.17) is 32.7 Å². The molecular weight excluding hydrogens is 587 g/mol. The van der Waals surface area contributed by atoms with Gasteiger partial charge in [-0.25, -0.2) is 9.48 Å². The zero-order valence-electron chi connectivity index (χ0n) is 26.3. The van der Waals surface area contributed by atoms with Gasteiger partial charge in [-0.1, -0.05) is 72.8 Å². The SMILES string of the molecule is CC(C)[Si-](C#Cn1cc(-c2cnn(C3CCCCO3)c2)c2c(NC(=O)OC(C)(C)C)cc(Cl)c(Cl)c21)(C(C)C)C(C)C. The molecule has 1 aromatic carbocycles. The molecule has 229 valence electrons. The predicted molar refractivity (Wildman–Crippen MR) is 176 cm³/mol. The van der Waals surface area contributed by atoms with E-state index in [-0.39, 0.29) is 6.23 Å². The highest BCUT2D eigenvalue weighted by Crippen LogP contribution is 2.44. The maximum atomic E-state index is 12.9. The number of aromatic nitrogens is 3. The maximum Gasteiger partial charge on any atom is 0.412 e. The summed E-state index contributed by atoms with van der Waals surface area (Å²) in [6, 6.07) is 5.18. The number of ether oxygens (including phenoxy) is 2. The van der Waals surface area contributed by atoms with E-state index >= 15 is 0 Å². The average molecular weight is 632 g/mol. The van der Waals surface area contributed by atoms with Crippen LogP contribution in [0, 0.1) is 11.6 Å². The molecule has 4 rings (SSSR count). The number of hydrogen-bond acceptors (Lipinski definition) is 4. The van der Waals surface area contributed by atoms with Gasteiger partial charge in [0.05, 0.1) is 27.4 Å². The highest BCUT2D eigenvalue weighted by molar-refractivity contribution is 6.90. The molecule has 10 heteroatoms. The van der Waals surface area contributed by atoms with E-state index < -0.39 is 19.8 Å². The molecule has 1 aliphatic rings. The summed E-state index contributed by atoms with van der Waals surface area (Å²) in [6.07, 6.45) is 8.16. The Hall–Kier alpha value is -2.44. The Kier molecular flexibility index (Phi) is 9.78. The number of carbonyl (C=O) groups excluding carboxylic acids is 1. The number of nitrogens with one attached hydrogen (secondary N) is 1. The lowest BCUT2D eigenvalue weighted by atomic mass is 10.1. The van der Waals surface area contributed by atoms with Crippen molar-refractivity contribution in [2.45, 2.75) is 110 Å². The number of halogens is 2. The Balaban J connectivity index is 1.96. The molecule has 1 unspecified atom stereocenters. The lowest BCUT2D eigenvalue weighted by Crippen LogP contribution is -2.43. The van der Waals surface area contributed by atoms with Crippen LogP contribution in [-0.2, 0) is 9.47 Å². The third kappa shape index (κ3) is 6.55. The third-order valence-corrected chi connectivity index (χ3v) is 15.3. The molecule has 3 heterocycles. The van der Waals surface area contributed by atoms with Crippen molar-refractivity contribution in [3.05, 3.63) is 34.7 Å². The molecule has 1 N–H and O–H groups in total. The number of benzene rings is 1. The molecule has 2 aromatic heterocycles. The average Bonchev–Trinajstić information content (AvgIpc) is 3.52. The predicted octanol–water partition coefficient (Wildman–Crippen LogP) is 9.88. The van der Waals surface area contributed by atoms with Crippen LogP contribution in [-0.4, -0.2) is 40.7 Å². The zero-order chi connectivity index (χ0) is 31.0. The fraction of sp³-hybridized carbons (Fsp3) is 0.562. The van der Waals surface area contributed by atoms with Crippen LogP contribution in [0.15, 0.2) is 24.7 Å². The fourth-order valence-corrected chi connectivity index (χ4v) is 12.0. The van der Waals surface area contributed by atoms with E-state index in [9.17, 15) is 4.79 Å². The van der Waals surface area contributed by atoms with Crippen molar-refractivity contribution in [3.8, 4) is 22.7 Å². The quantitative estimate of drug-likeness (QED) is 0.217. The number of amides is 1. The van der Waals surface area contributed by atoms with Gasteiger partial charge in [0.1, 0.15) is 11.8 Å². The molecule has 0 aliphatic carbocycles. The number of fused-ring (bicyclic) bond motifs is 1. The molecular formula is C32H44Cl2N4O3Si-. The van der Waals surface area contributed by atoms with Crippen LogP contribution < -0.4 is 5.32 Å². The number of hydrogen-bond donors (Lipinski definition) is 1. The van der Waals surface area contributed by atoms with Gasteiger partial charge >= 0.3 is 6.09 Å². The summed E-state index contributed by atoms with van der Waals surface area (Å²) in [6.45, 7) is 19.9. The van der Waals surface area contributed by atoms with Crippen molar-refractivity contribution in [3.63, 3.8) is 0 Å². The van der Waals surface area contributed by atoms with Gasteiger partial charge in [0.25, 0.3) is 0 Å². The molecule has 3 aromatic rings. The van der Waals surface area contributed by atoms with Gasteiger partial charge in [-0.2, -0.15) is 5.10 Å². The molecule has 1 fully saturated rings. The second-order valence-corrected chi connectivity index (χ2v) is 19.5. The van der Waals surface area contributed by atoms with Gasteiger partial charge in [-0.15, -0.1) is 16.6 Å². The highest BCUT2D eigenvalue weighted by atomic mass is 35.5. The first kappa shape index (κ1) is 32.5. The highest BCUT2D eigenvalue weighted by Gasteiger charge is 2.30. The third-order valence-electron chi connectivity index (χ3n) is 8.22. The minimum atomic E-state index is -2.06. The van der Waals surface area contributed by atoms with E-state index in [1.54, 1.807) is 6.07 Å². The number of carbonyl (C=O) groups is 1. The van der Waals surface area contributed by atoms with Gasteiger partial charge in [0.2, 0.25) is 0 Å². The summed E-state index contributed by atoms with van der Waals surface area (Å²) >= 11 is 13.6. The van der Waals surface area contributed by atoms with Crippen molar-refractivity contribution < 1.29 is 14.3 Å². The summed E-state index contributed by atoms with van der Waals surface area (Å²) in [5.41, 5.74) is 7.34. The Morgan fingerprint density at radius 3 is 2.36 bits per heavy atom. The van der Waals surface area contributed by atoms with Crippen LogP contribution in [0.1, 0.15) is 87.8 Å². The van der Waals surface area contributed by atoms with Gasteiger partial charge in [-0.3, -0.25) is 15.4 Å². The number of nitrogens with zero attached hydrogens (tertiary/aromatic N) is 3. The minimum Gasteiger partial charge on any atom is -0.444 e. The fourth-order valence-electron chi connectivity index (χ4n) is 6.35. The van der Waals surface area contributed by atoms with Gasteiger partial charge in [-0.05, 0) is 52.1 Å². The van der Waals surface area contributed by atoms with Gasteiger partial charge < -0.3 is 9.47 Å². The van der Waals surface area contributed by atoms with Crippen LogP contribution in [0.5, 0.6) is 0 Å². The Labute approximate surface area is 261 Å². The molecule has 0 spiro atoms. The molecule has 7 nitrogen and oxygen atoms in total. The summed E-state index contributed by atoms with van der Waals surface area (Å²) in [7, 11) is -2.06. The number of anilines is 1. The van der Waals surface area contributed by atoms with E-state index in [1.807, 2.05) is 48.6 Å². The standard InChI is InChI=1S/C32H44Cl2N4O3Si/c1-20(2)42(21(3)4,22(5)6)15-13-37-19-24(23-17-35-38(18-23)27-12-10-11-14-40-27)28-26(16-25(33)29(34)30(28)37)36-31(39)41-32(7,8)9/h16-22,27H,10-12,14H2,1-9H3,(H,36,39)/q-1. The van der Waals surface area contributed by atoms with Crippen molar-refractivity contribution in [1.82, 2.24) is 14.3 Å². The summed E-state index contributed by atoms with van der Waals surface area (Å²) in [5, 5.41) is 8.98. The molecule has 1 atom stereocenters. The first-order valence-electron chi connectivity index (χ1n) is 14.9. The van der Waals surface area contributed by atoms with Gasteiger partial charge in [0, 0.05) is 35.5 Å². The van der Waals surface area contributed by atoms with Crippen molar-refractivity contribution in [2.24, 2.45) is 0 Å². The van der Waals surface area contributed by atoms with Crippen LogP contribution >= 0.6 is 23.2 Å². The smallest absolute Gasteiger partial charge is 0.412 e. The van der Waals surface area contributed by atoms with Crippen LogP contribution in [0.4, 0.5) is 10.5 Å². The molecule has 0 saturated carbocycles. The van der Waals surface area contributed by atoms with Crippen molar-refractivity contribution in [1.29, 1.82) is 0 Å². The van der Waals surface area contributed by atoms with E-state index in [2.05, 4.69) is 63.5 Å². The molecule has 1 saturated heterocycles. The second-order valence-electron chi connectivity index (χ2n) is 13.1. The zero-order valence-corrected chi connectivity index (χ0v) is 28.8. The Morgan fingerprint density at radius 1 is 1.12 bits per heavy atom. The van der Waals surface area contributed by atoms with Crippen LogP contribution in [0.3, 0.4) is 0 Å². The summed E-state index contributed by atoms with van der Waals surface area (Å²) in [4.78, 5) is 12.9. The monoisotopic (exact) mass is 630 g/mol. The maximum absolute atomic E-state index is 12.9. The number of rotatable bonds is 6.